The zero-order valence-electron chi connectivity index (χ0n) is 11.9. The molecule has 0 unspecified atom stereocenters. The Bertz CT molecular complexity index is 385. The zero-order valence-corrected chi connectivity index (χ0v) is 11.9. The minimum absolute atomic E-state index is 0.337. The fraction of sp³-hybridized carbons (Fsp3) is 0.600. The van der Waals surface area contributed by atoms with Crippen LogP contribution < -0.4 is 5.32 Å². The van der Waals surface area contributed by atoms with Gasteiger partial charge in [0, 0.05) is 6.54 Å². The predicted octanol–water partition coefficient (Wildman–Crippen LogP) is 4.12. The quantitative estimate of drug-likeness (QED) is 0.769. The van der Waals surface area contributed by atoms with E-state index in [0.29, 0.717) is 29.9 Å². The van der Waals surface area contributed by atoms with Crippen molar-refractivity contribution in [1.29, 1.82) is 0 Å². The summed E-state index contributed by atoms with van der Waals surface area (Å²) in [5.74, 6) is -2.12. The Morgan fingerprint density at radius 2 is 1.42 bits per heavy atom. The van der Waals surface area contributed by atoms with Crippen LogP contribution in [0.2, 0.25) is 0 Å². The van der Waals surface area contributed by atoms with E-state index in [1.807, 2.05) is 0 Å². The minimum Gasteiger partial charge on any atom is -0.312 e. The molecular weight excluding hydrogens is 251 g/mol. The standard InChI is InChI=1S/C15H22F3N/c1-9(2)12(10(3)4)8-19-7-11-5-13(16)15(18)14(17)6-11/h5-6,9-10,12,19H,7-8H2,1-4H3. The second-order valence-electron chi connectivity index (χ2n) is 5.66. The number of rotatable bonds is 6. The molecule has 0 saturated heterocycles. The second-order valence-corrected chi connectivity index (χ2v) is 5.66. The fourth-order valence-electron chi connectivity index (χ4n) is 2.33. The second kappa shape index (κ2) is 6.94. The van der Waals surface area contributed by atoms with Crippen LogP contribution in [0.5, 0.6) is 0 Å². The molecule has 0 saturated carbocycles. The van der Waals surface area contributed by atoms with E-state index >= 15 is 0 Å². The van der Waals surface area contributed by atoms with Gasteiger partial charge in [-0.15, -0.1) is 0 Å². The van der Waals surface area contributed by atoms with Crippen LogP contribution in [0.3, 0.4) is 0 Å². The molecule has 4 heteroatoms. The molecular formula is C15H22F3N. The zero-order chi connectivity index (χ0) is 14.6. The number of nitrogens with one attached hydrogen (secondary N) is 1. The van der Waals surface area contributed by atoms with Crippen molar-refractivity contribution in [3.8, 4) is 0 Å². The molecule has 1 aromatic carbocycles. The van der Waals surface area contributed by atoms with E-state index < -0.39 is 17.5 Å². The molecule has 1 N–H and O–H groups in total. The molecule has 0 aromatic heterocycles. The van der Waals surface area contributed by atoms with Gasteiger partial charge < -0.3 is 5.32 Å². The maximum atomic E-state index is 13.0. The number of benzene rings is 1. The SMILES string of the molecule is CC(C)C(CNCc1cc(F)c(F)c(F)c1)C(C)C. The lowest BCUT2D eigenvalue weighted by Crippen LogP contribution is -2.29. The van der Waals surface area contributed by atoms with Crippen molar-refractivity contribution in [3.63, 3.8) is 0 Å². The van der Waals surface area contributed by atoms with Crippen molar-refractivity contribution in [2.24, 2.45) is 17.8 Å². The average Bonchev–Trinajstić information content (AvgIpc) is 2.30. The molecule has 1 nitrogen and oxygen atoms in total. The third kappa shape index (κ3) is 4.53. The summed E-state index contributed by atoms with van der Waals surface area (Å²) in [7, 11) is 0. The maximum Gasteiger partial charge on any atom is 0.194 e. The Balaban J connectivity index is 2.58. The first kappa shape index (κ1) is 16.0. The number of halogens is 3. The first-order valence-corrected chi connectivity index (χ1v) is 6.67. The molecule has 1 rings (SSSR count). The van der Waals surface area contributed by atoms with E-state index in [-0.39, 0.29) is 0 Å². The first-order chi connectivity index (χ1) is 8.82. The maximum absolute atomic E-state index is 13.0. The molecule has 0 spiro atoms. The summed E-state index contributed by atoms with van der Waals surface area (Å²) in [5.41, 5.74) is 0.419. The largest absolute Gasteiger partial charge is 0.312 e. The van der Waals surface area contributed by atoms with Crippen LogP contribution in [-0.4, -0.2) is 6.54 Å². The summed E-state index contributed by atoms with van der Waals surface area (Å²) in [4.78, 5) is 0. The van der Waals surface area contributed by atoms with Gasteiger partial charge in [0.15, 0.2) is 17.5 Å². The van der Waals surface area contributed by atoms with E-state index in [2.05, 4.69) is 33.0 Å². The highest BCUT2D eigenvalue weighted by Gasteiger charge is 2.17. The molecule has 0 atom stereocenters. The van der Waals surface area contributed by atoms with E-state index in [0.717, 1.165) is 18.7 Å². The highest BCUT2D eigenvalue weighted by molar-refractivity contribution is 5.19. The summed E-state index contributed by atoms with van der Waals surface area (Å²) in [6, 6.07) is 2.07. The molecule has 19 heavy (non-hydrogen) atoms. The molecule has 108 valence electrons. The lowest BCUT2D eigenvalue weighted by Gasteiger charge is -2.25. The molecule has 0 aliphatic rings. The van der Waals surface area contributed by atoms with Gasteiger partial charge in [0.2, 0.25) is 0 Å². The van der Waals surface area contributed by atoms with Crippen LogP contribution in [0.1, 0.15) is 33.3 Å². The van der Waals surface area contributed by atoms with Gasteiger partial charge in [-0.3, -0.25) is 0 Å². The van der Waals surface area contributed by atoms with Gasteiger partial charge in [-0.05, 0) is 42.0 Å². The van der Waals surface area contributed by atoms with Crippen molar-refractivity contribution >= 4 is 0 Å². The summed E-state index contributed by atoms with van der Waals surface area (Å²) >= 11 is 0. The molecule has 0 amide bonds. The van der Waals surface area contributed by atoms with E-state index in [1.54, 1.807) is 0 Å². The van der Waals surface area contributed by atoms with Crippen molar-refractivity contribution < 1.29 is 13.2 Å². The lowest BCUT2D eigenvalue weighted by atomic mass is 9.85. The van der Waals surface area contributed by atoms with Crippen LogP contribution >= 0.6 is 0 Å². The molecule has 0 fully saturated rings. The normalized spacial score (nSPS) is 11.9. The Morgan fingerprint density at radius 3 is 1.84 bits per heavy atom. The summed E-state index contributed by atoms with van der Waals surface area (Å²) in [6.07, 6.45) is 0. The van der Waals surface area contributed by atoms with Crippen molar-refractivity contribution in [2.75, 3.05) is 6.54 Å². The van der Waals surface area contributed by atoms with Gasteiger partial charge in [0.1, 0.15) is 0 Å². The third-order valence-corrected chi connectivity index (χ3v) is 3.47. The van der Waals surface area contributed by atoms with Gasteiger partial charge in [-0.25, -0.2) is 13.2 Å². The Labute approximate surface area is 113 Å². The highest BCUT2D eigenvalue weighted by Crippen LogP contribution is 2.20. The molecule has 0 radical (unpaired) electrons. The van der Waals surface area contributed by atoms with E-state index in [1.165, 1.54) is 0 Å². The van der Waals surface area contributed by atoms with Crippen molar-refractivity contribution in [2.45, 2.75) is 34.2 Å². The first-order valence-electron chi connectivity index (χ1n) is 6.67. The Morgan fingerprint density at radius 1 is 0.947 bits per heavy atom. The molecule has 1 aromatic rings. The molecule has 0 heterocycles. The van der Waals surface area contributed by atoms with E-state index in [9.17, 15) is 13.2 Å². The van der Waals surface area contributed by atoms with Gasteiger partial charge in [0.25, 0.3) is 0 Å². The topological polar surface area (TPSA) is 12.0 Å². The van der Waals surface area contributed by atoms with Gasteiger partial charge in [-0.1, -0.05) is 27.7 Å². The number of hydrogen-bond donors (Lipinski definition) is 1. The average molecular weight is 273 g/mol. The predicted molar refractivity (Wildman–Crippen MR) is 71.2 cm³/mol. The fourth-order valence-corrected chi connectivity index (χ4v) is 2.33. The van der Waals surface area contributed by atoms with Gasteiger partial charge in [0.05, 0.1) is 0 Å². The Hall–Kier alpha value is -1.03. The highest BCUT2D eigenvalue weighted by atomic mass is 19.2. The third-order valence-electron chi connectivity index (χ3n) is 3.47. The molecule has 0 bridgehead atoms. The van der Waals surface area contributed by atoms with E-state index in [4.69, 9.17) is 0 Å². The van der Waals surface area contributed by atoms with Crippen LogP contribution in [0.25, 0.3) is 0 Å². The van der Waals surface area contributed by atoms with Crippen LogP contribution in [0, 0.1) is 35.2 Å². The summed E-state index contributed by atoms with van der Waals surface area (Å²) in [6.45, 7) is 9.74. The van der Waals surface area contributed by atoms with Gasteiger partial charge >= 0.3 is 0 Å². The molecule has 0 aliphatic carbocycles. The monoisotopic (exact) mass is 273 g/mol. The summed E-state index contributed by atoms with van der Waals surface area (Å²) < 4.78 is 38.9. The van der Waals surface area contributed by atoms with Crippen molar-refractivity contribution in [3.05, 3.63) is 35.1 Å². The Kier molecular flexibility index (Phi) is 5.85. The minimum atomic E-state index is -1.41. The van der Waals surface area contributed by atoms with Crippen molar-refractivity contribution in [1.82, 2.24) is 5.32 Å². The van der Waals surface area contributed by atoms with Crippen LogP contribution in [-0.2, 0) is 6.54 Å². The smallest absolute Gasteiger partial charge is 0.194 e. The van der Waals surface area contributed by atoms with Gasteiger partial charge in [-0.2, -0.15) is 0 Å². The van der Waals surface area contributed by atoms with Crippen LogP contribution in [0.4, 0.5) is 13.2 Å². The lowest BCUT2D eigenvalue weighted by molar-refractivity contribution is 0.275. The number of hydrogen-bond acceptors (Lipinski definition) is 1. The summed E-state index contributed by atoms with van der Waals surface area (Å²) in [5, 5.41) is 3.18. The molecule has 0 aliphatic heterocycles. The van der Waals surface area contributed by atoms with Crippen LogP contribution in [0.15, 0.2) is 12.1 Å².